The fraction of sp³-hybridized carbons (Fsp3) is 0.214. The maximum atomic E-state index is 13.9. The number of aromatic nitrogens is 1. The summed E-state index contributed by atoms with van der Waals surface area (Å²) in [7, 11) is 0. The highest BCUT2D eigenvalue weighted by atomic mass is 79.9. The smallest absolute Gasteiger partial charge is 0.134 e. The predicted octanol–water partition coefficient (Wildman–Crippen LogP) is 3.71. The Labute approximate surface area is 118 Å². The third-order valence-electron chi connectivity index (χ3n) is 2.84. The molecule has 1 aromatic carbocycles. The molecule has 1 N–H and O–H groups in total. The van der Waals surface area contributed by atoms with E-state index in [4.69, 9.17) is 0 Å². The molecule has 0 saturated heterocycles. The molecule has 0 radical (unpaired) electrons. The minimum atomic E-state index is -1.26. The van der Waals surface area contributed by atoms with E-state index in [1.165, 1.54) is 13.0 Å². The molecule has 2 rings (SSSR count). The Morgan fingerprint density at radius 3 is 2.63 bits per heavy atom. The van der Waals surface area contributed by atoms with E-state index in [1.807, 2.05) is 0 Å². The van der Waals surface area contributed by atoms with Crippen molar-refractivity contribution in [3.8, 4) is 0 Å². The minimum absolute atomic E-state index is 0.0601. The van der Waals surface area contributed by atoms with Crippen molar-refractivity contribution in [1.82, 2.24) is 4.98 Å². The molecule has 19 heavy (non-hydrogen) atoms. The van der Waals surface area contributed by atoms with Crippen LogP contribution in [-0.2, 0) is 6.42 Å². The van der Waals surface area contributed by atoms with Crippen LogP contribution in [0.15, 0.2) is 34.9 Å². The molecule has 1 aromatic heterocycles. The fourth-order valence-corrected chi connectivity index (χ4v) is 2.05. The number of hydrogen-bond acceptors (Lipinski definition) is 2. The summed E-state index contributed by atoms with van der Waals surface area (Å²) < 4.78 is 28.3. The van der Waals surface area contributed by atoms with Crippen LogP contribution in [0.3, 0.4) is 0 Å². The standard InChI is InChI=1S/C14H12BrF2NO/c1-8-2-5-11(16)13(14(8)17)12(19)6-10-4-3-9(15)7-18-10/h2-5,7,12,19H,6H2,1H3. The first-order chi connectivity index (χ1) is 8.99. The number of aryl methyl sites for hydroxylation is 1. The number of halogens is 3. The van der Waals surface area contributed by atoms with Crippen LogP contribution >= 0.6 is 15.9 Å². The van der Waals surface area contributed by atoms with Crippen LogP contribution in [0.2, 0.25) is 0 Å². The van der Waals surface area contributed by atoms with Gasteiger partial charge in [-0.2, -0.15) is 0 Å². The number of benzene rings is 1. The van der Waals surface area contributed by atoms with Crippen LogP contribution in [0.1, 0.15) is 22.9 Å². The maximum Gasteiger partial charge on any atom is 0.134 e. The molecule has 0 aliphatic heterocycles. The number of pyridine rings is 1. The Hall–Kier alpha value is -1.33. The molecule has 0 aliphatic carbocycles. The molecule has 0 fully saturated rings. The molecule has 2 nitrogen and oxygen atoms in total. The van der Waals surface area contributed by atoms with Crippen molar-refractivity contribution in [3.63, 3.8) is 0 Å². The summed E-state index contributed by atoms with van der Waals surface area (Å²) >= 11 is 3.24. The monoisotopic (exact) mass is 327 g/mol. The van der Waals surface area contributed by atoms with Crippen molar-refractivity contribution >= 4 is 15.9 Å². The molecule has 0 saturated carbocycles. The molecule has 0 spiro atoms. The lowest BCUT2D eigenvalue weighted by molar-refractivity contribution is 0.167. The van der Waals surface area contributed by atoms with Crippen molar-refractivity contribution in [2.45, 2.75) is 19.4 Å². The second-order valence-electron chi connectivity index (χ2n) is 4.28. The van der Waals surface area contributed by atoms with Crippen LogP contribution in [0.25, 0.3) is 0 Å². The van der Waals surface area contributed by atoms with Crippen molar-refractivity contribution in [2.75, 3.05) is 0 Å². The quantitative estimate of drug-likeness (QED) is 0.932. The molecule has 1 heterocycles. The normalized spacial score (nSPS) is 12.5. The van der Waals surface area contributed by atoms with Gasteiger partial charge in [-0.05, 0) is 46.6 Å². The van der Waals surface area contributed by atoms with Crippen molar-refractivity contribution in [2.24, 2.45) is 0 Å². The Morgan fingerprint density at radius 2 is 2.00 bits per heavy atom. The molecule has 5 heteroatoms. The zero-order valence-electron chi connectivity index (χ0n) is 10.2. The summed E-state index contributed by atoms with van der Waals surface area (Å²) in [5, 5.41) is 10.00. The van der Waals surface area contributed by atoms with Gasteiger partial charge in [-0.15, -0.1) is 0 Å². The maximum absolute atomic E-state index is 13.9. The number of aliphatic hydroxyl groups excluding tert-OH is 1. The SMILES string of the molecule is Cc1ccc(F)c(C(O)Cc2ccc(Br)cn2)c1F. The predicted molar refractivity (Wildman–Crippen MR) is 71.7 cm³/mol. The van der Waals surface area contributed by atoms with E-state index in [-0.39, 0.29) is 12.0 Å². The third-order valence-corrected chi connectivity index (χ3v) is 3.31. The van der Waals surface area contributed by atoms with Gasteiger partial charge >= 0.3 is 0 Å². The van der Waals surface area contributed by atoms with Gasteiger partial charge in [-0.1, -0.05) is 6.07 Å². The summed E-state index contributed by atoms with van der Waals surface area (Å²) in [5.74, 6) is -1.45. The van der Waals surface area contributed by atoms with E-state index in [1.54, 1.807) is 18.3 Å². The van der Waals surface area contributed by atoms with E-state index in [2.05, 4.69) is 20.9 Å². The Kier molecular flexibility index (Phi) is 4.27. The van der Waals surface area contributed by atoms with E-state index in [0.29, 0.717) is 11.3 Å². The lowest BCUT2D eigenvalue weighted by Crippen LogP contribution is -2.09. The van der Waals surface area contributed by atoms with Crippen LogP contribution < -0.4 is 0 Å². The first kappa shape index (κ1) is 14.1. The van der Waals surface area contributed by atoms with Crippen molar-refractivity contribution < 1.29 is 13.9 Å². The third kappa shape index (κ3) is 3.16. The molecular weight excluding hydrogens is 316 g/mol. The summed E-state index contributed by atoms with van der Waals surface area (Å²) in [5.41, 5.74) is 0.569. The first-order valence-corrected chi connectivity index (χ1v) is 6.51. The zero-order chi connectivity index (χ0) is 14.0. The van der Waals surface area contributed by atoms with Gasteiger partial charge in [-0.25, -0.2) is 8.78 Å². The van der Waals surface area contributed by atoms with Crippen molar-refractivity contribution in [3.05, 3.63) is 63.4 Å². The second kappa shape index (κ2) is 5.75. The average molecular weight is 328 g/mol. The highest BCUT2D eigenvalue weighted by Gasteiger charge is 2.20. The molecule has 1 atom stereocenters. The van der Waals surface area contributed by atoms with Crippen LogP contribution in [0, 0.1) is 18.6 Å². The molecular formula is C14H12BrF2NO. The first-order valence-electron chi connectivity index (χ1n) is 5.72. The molecule has 0 amide bonds. The van der Waals surface area contributed by atoms with Crippen molar-refractivity contribution in [1.29, 1.82) is 0 Å². The highest BCUT2D eigenvalue weighted by molar-refractivity contribution is 9.10. The number of aliphatic hydroxyl groups is 1. The van der Waals surface area contributed by atoms with Crippen LogP contribution in [0.5, 0.6) is 0 Å². The fourth-order valence-electron chi connectivity index (χ4n) is 1.81. The van der Waals surface area contributed by atoms with Gasteiger partial charge in [0.15, 0.2) is 0 Å². The lowest BCUT2D eigenvalue weighted by atomic mass is 10.0. The minimum Gasteiger partial charge on any atom is -0.388 e. The van der Waals surface area contributed by atoms with Gasteiger partial charge in [-0.3, -0.25) is 4.98 Å². The van der Waals surface area contributed by atoms with Crippen LogP contribution in [-0.4, -0.2) is 10.1 Å². The van der Waals surface area contributed by atoms with Gasteiger partial charge in [0.05, 0.1) is 11.7 Å². The van der Waals surface area contributed by atoms with E-state index >= 15 is 0 Å². The molecule has 0 bridgehead atoms. The van der Waals surface area contributed by atoms with Gasteiger partial charge < -0.3 is 5.11 Å². The number of rotatable bonds is 3. The Bertz CT molecular complexity index is 587. The largest absolute Gasteiger partial charge is 0.388 e. The highest BCUT2D eigenvalue weighted by Crippen LogP contribution is 2.25. The Morgan fingerprint density at radius 1 is 1.26 bits per heavy atom. The van der Waals surface area contributed by atoms with Gasteiger partial charge in [0, 0.05) is 22.8 Å². The second-order valence-corrected chi connectivity index (χ2v) is 5.20. The number of nitrogens with zero attached hydrogens (tertiary/aromatic N) is 1. The van der Waals surface area contributed by atoms with Crippen LogP contribution in [0.4, 0.5) is 8.78 Å². The molecule has 2 aromatic rings. The van der Waals surface area contributed by atoms with Gasteiger partial charge in [0.1, 0.15) is 11.6 Å². The van der Waals surface area contributed by atoms with Gasteiger partial charge in [0.25, 0.3) is 0 Å². The van der Waals surface area contributed by atoms with E-state index in [0.717, 1.165) is 10.5 Å². The summed E-state index contributed by atoms with van der Waals surface area (Å²) in [6.07, 6.45) is 0.379. The molecule has 0 aliphatic rings. The lowest BCUT2D eigenvalue weighted by Gasteiger charge is -2.14. The number of hydrogen-bond donors (Lipinski definition) is 1. The van der Waals surface area contributed by atoms with Gasteiger partial charge in [0.2, 0.25) is 0 Å². The molecule has 100 valence electrons. The summed E-state index contributed by atoms with van der Waals surface area (Å²) in [6, 6.07) is 5.96. The molecule has 1 unspecified atom stereocenters. The zero-order valence-corrected chi connectivity index (χ0v) is 11.8. The van der Waals surface area contributed by atoms with E-state index in [9.17, 15) is 13.9 Å². The van der Waals surface area contributed by atoms with E-state index < -0.39 is 17.7 Å². The Balaban J connectivity index is 2.27. The average Bonchev–Trinajstić information content (AvgIpc) is 2.37. The topological polar surface area (TPSA) is 33.1 Å². The summed E-state index contributed by atoms with van der Waals surface area (Å²) in [4.78, 5) is 4.07. The summed E-state index contributed by atoms with van der Waals surface area (Å²) in [6.45, 7) is 1.53.